The van der Waals surface area contributed by atoms with Crippen molar-refractivity contribution in [3.05, 3.63) is 28.8 Å². The van der Waals surface area contributed by atoms with Crippen LogP contribution in [0.2, 0.25) is 5.02 Å². The molecule has 10 heteroatoms. The van der Waals surface area contributed by atoms with E-state index < -0.39 is 31.7 Å². The Balaban J connectivity index is 2.04. The van der Waals surface area contributed by atoms with Gasteiger partial charge in [-0.1, -0.05) is 11.6 Å². The molecule has 1 aliphatic heterocycles. The Morgan fingerprint density at radius 2 is 1.91 bits per heavy atom. The lowest BCUT2D eigenvalue weighted by Gasteiger charge is -2.27. The summed E-state index contributed by atoms with van der Waals surface area (Å²) in [6.45, 7) is 3.91. The summed E-state index contributed by atoms with van der Waals surface area (Å²) < 4.78 is 64.9. The number of alkyl halides is 3. The molecule has 0 amide bonds. The summed E-state index contributed by atoms with van der Waals surface area (Å²) in [7, 11) is -4.01. The summed E-state index contributed by atoms with van der Waals surface area (Å²) in [4.78, 5) is 1.62. The van der Waals surface area contributed by atoms with Crippen LogP contribution in [0.15, 0.2) is 23.1 Å². The second kappa shape index (κ2) is 7.35. The molecule has 1 fully saturated rings. The van der Waals surface area contributed by atoms with Crippen molar-refractivity contribution >= 4 is 21.6 Å². The molecule has 1 aromatic carbocycles. The quantitative estimate of drug-likeness (QED) is 0.824. The number of nitrogens with zero attached hydrogens (tertiary/aromatic N) is 1. The van der Waals surface area contributed by atoms with Crippen LogP contribution in [0.5, 0.6) is 0 Å². The fourth-order valence-corrected chi connectivity index (χ4v) is 3.52. The zero-order valence-corrected chi connectivity index (χ0v) is 13.7. The van der Waals surface area contributed by atoms with E-state index >= 15 is 0 Å². The van der Waals surface area contributed by atoms with Crippen LogP contribution in [0.3, 0.4) is 0 Å². The zero-order valence-electron chi connectivity index (χ0n) is 12.2. The van der Waals surface area contributed by atoms with Gasteiger partial charge in [0.15, 0.2) is 0 Å². The molecule has 0 spiro atoms. The van der Waals surface area contributed by atoms with Gasteiger partial charge in [0.05, 0.1) is 15.5 Å². The summed E-state index contributed by atoms with van der Waals surface area (Å²) in [5.74, 6) is 0. The van der Waals surface area contributed by atoms with Crippen LogP contribution in [0.25, 0.3) is 0 Å². The lowest BCUT2D eigenvalue weighted by Crippen LogP contribution is -2.46. The fourth-order valence-electron chi connectivity index (χ4n) is 2.24. The van der Waals surface area contributed by atoms with Gasteiger partial charge in [-0.3, -0.25) is 4.90 Å². The molecule has 2 rings (SSSR count). The molecule has 0 saturated carbocycles. The Bertz CT molecular complexity index is 646. The molecular formula is C13H17ClF3N3O2S. The largest absolute Gasteiger partial charge is 0.417 e. The van der Waals surface area contributed by atoms with Crippen LogP contribution in [-0.2, 0) is 16.2 Å². The minimum Gasteiger partial charge on any atom is -0.314 e. The highest BCUT2D eigenvalue weighted by molar-refractivity contribution is 7.89. The molecule has 0 atom stereocenters. The number of piperazine rings is 1. The van der Waals surface area contributed by atoms with Crippen LogP contribution in [0, 0.1) is 0 Å². The fraction of sp³-hybridized carbons (Fsp3) is 0.538. The van der Waals surface area contributed by atoms with E-state index in [-0.39, 0.29) is 6.54 Å². The second-order valence-corrected chi connectivity index (χ2v) is 7.30. The number of rotatable bonds is 5. The number of benzene rings is 1. The van der Waals surface area contributed by atoms with E-state index in [9.17, 15) is 21.6 Å². The minimum atomic E-state index is -4.70. The molecule has 0 bridgehead atoms. The van der Waals surface area contributed by atoms with E-state index in [0.29, 0.717) is 12.6 Å². The SMILES string of the molecule is O=S(=O)(NCCN1CCNCC1)c1ccc(Cl)c(C(F)(F)F)c1. The Labute approximate surface area is 137 Å². The molecule has 1 heterocycles. The Morgan fingerprint density at radius 1 is 1.26 bits per heavy atom. The molecule has 1 saturated heterocycles. The van der Waals surface area contributed by atoms with Crippen LogP contribution in [0.4, 0.5) is 13.2 Å². The zero-order chi connectivity index (χ0) is 17.1. The lowest BCUT2D eigenvalue weighted by molar-refractivity contribution is -0.137. The highest BCUT2D eigenvalue weighted by Gasteiger charge is 2.34. The molecule has 0 aromatic heterocycles. The van der Waals surface area contributed by atoms with Crippen molar-refractivity contribution in [2.24, 2.45) is 0 Å². The summed E-state index contributed by atoms with van der Waals surface area (Å²) in [5.41, 5.74) is -1.16. The molecule has 23 heavy (non-hydrogen) atoms. The third-order valence-corrected chi connectivity index (χ3v) is 5.27. The standard InChI is InChI=1S/C13H17ClF3N3O2S/c14-12-2-1-10(9-11(12)13(15,16)17)23(21,22)19-5-8-20-6-3-18-4-7-20/h1-2,9,18-19H,3-8H2. The Morgan fingerprint density at radius 3 is 2.52 bits per heavy atom. The molecule has 2 N–H and O–H groups in total. The van der Waals surface area contributed by atoms with Gasteiger partial charge in [0.1, 0.15) is 0 Å². The van der Waals surface area contributed by atoms with E-state index in [1.54, 1.807) is 0 Å². The van der Waals surface area contributed by atoms with Crippen LogP contribution in [-0.4, -0.2) is 52.6 Å². The summed E-state index contributed by atoms with van der Waals surface area (Å²) in [6.07, 6.45) is -4.70. The molecule has 0 unspecified atom stereocenters. The normalized spacial score (nSPS) is 17.4. The topological polar surface area (TPSA) is 61.4 Å². The van der Waals surface area contributed by atoms with Crippen molar-refractivity contribution < 1.29 is 21.6 Å². The first kappa shape index (κ1) is 18.5. The average molecular weight is 372 g/mol. The van der Waals surface area contributed by atoms with Gasteiger partial charge in [-0.2, -0.15) is 13.2 Å². The number of sulfonamides is 1. The van der Waals surface area contributed by atoms with E-state index in [4.69, 9.17) is 11.6 Å². The lowest BCUT2D eigenvalue weighted by atomic mass is 10.2. The number of hydrogen-bond acceptors (Lipinski definition) is 4. The first-order chi connectivity index (χ1) is 10.7. The van der Waals surface area contributed by atoms with Gasteiger partial charge in [-0.25, -0.2) is 13.1 Å². The van der Waals surface area contributed by atoms with E-state index in [1.165, 1.54) is 0 Å². The third kappa shape index (κ3) is 5.05. The van der Waals surface area contributed by atoms with Crippen molar-refractivity contribution in [3.63, 3.8) is 0 Å². The molecule has 0 aliphatic carbocycles. The van der Waals surface area contributed by atoms with Crippen molar-refractivity contribution in [2.75, 3.05) is 39.3 Å². The first-order valence-electron chi connectivity index (χ1n) is 6.99. The molecule has 0 radical (unpaired) electrons. The molecule has 1 aromatic rings. The maximum absolute atomic E-state index is 12.8. The Kier molecular flexibility index (Phi) is 5.90. The van der Waals surface area contributed by atoms with Crippen LogP contribution >= 0.6 is 11.6 Å². The van der Waals surface area contributed by atoms with Gasteiger partial charge in [-0.15, -0.1) is 0 Å². The van der Waals surface area contributed by atoms with Gasteiger partial charge in [0.2, 0.25) is 10.0 Å². The third-order valence-electron chi connectivity index (χ3n) is 3.48. The van der Waals surface area contributed by atoms with Crippen LogP contribution < -0.4 is 10.0 Å². The first-order valence-corrected chi connectivity index (χ1v) is 8.86. The number of nitrogens with one attached hydrogen (secondary N) is 2. The highest BCUT2D eigenvalue weighted by atomic mass is 35.5. The second-order valence-electron chi connectivity index (χ2n) is 5.13. The van der Waals surface area contributed by atoms with Gasteiger partial charge >= 0.3 is 6.18 Å². The summed E-state index contributed by atoms with van der Waals surface area (Å²) in [5, 5.41) is 2.64. The van der Waals surface area contributed by atoms with E-state index in [2.05, 4.69) is 14.9 Å². The smallest absolute Gasteiger partial charge is 0.314 e. The summed E-state index contributed by atoms with van der Waals surface area (Å²) in [6, 6.07) is 2.55. The minimum absolute atomic E-state index is 0.131. The average Bonchev–Trinajstić information content (AvgIpc) is 2.47. The van der Waals surface area contributed by atoms with Crippen molar-refractivity contribution in [1.82, 2.24) is 14.9 Å². The van der Waals surface area contributed by atoms with Gasteiger partial charge < -0.3 is 5.32 Å². The Hall–Kier alpha value is -0.870. The van der Waals surface area contributed by atoms with Gasteiger partial charge in [0, 0.05) is 39.3 Å². The highest BCUT2D eigenvalue weighted by Crippen LogP contribution is 2.35. The molecular weight excluding hydrogens is 355 g/mol. The predicted molar refractivity (Wildman–Crippen MR) is 81.0 cm³/mol. The number of halogens is 4. The van der Waals surface area contributed by atoms with Crippen LogP contribution in [0.1, 0.15) is 5.56 Å². The van der Waals surface area contributed by atoms with Crippen molar-refractivity contribution in [3.8, 4) is 0 Å². The molecule has 5 nitrogen and oxygen atoms in total. The molecule has 130 valence electrons. The summed E-state index contributed by atoms with van der Waals surface area (Å²) >= 11 is 5.49. The van der Waals surface area contributed by atoms with E-state index in [1.807, 2.05) is 0 Å². The number of hydrogen-bond donors (Lipinski definition) is 2. The monoisotopic (exact) mass is 371 g/mol. The van der Waals surface area contributed by atoms with E-state index in [0.717, 1.165) is 38.3 Å². The maximum atomic E-state index is 12.8. The maximum Gasteiger partial charge on any atom is 0.417 e. The van der Waals surface area contributed by atoms with Gasteiger partial charge in [0.25, 0.3) is 0 Å². The predicted octanol–water partition coefficient (Wildman–Crippen LogP) is 1.54. The molecule has 1 aliphatic rings. The van der Waals surface area contributed by atoms with Gasteiger partial charge in [-0.05, 0) is 18.2 Å². The van der Waals surface area contributed by atoms with Crippen molar-refractivity contribution in [2.45, 2.75) is 11.1 Å². The van der Waals surface area contributed by atoms with Crippen molar-refractivity contribution in [1.29, 1.82) is 0 Å².